The van der Waals surface area contributed by atoms with E-state index in [0.717, 1.165) is 63.3 Å². The van der Waals surface area contributed by atoms with E-state index in [1.54, 1.807) is 7.11 Å². The average molecular weight is 396 g/mol. The van der Waals surface area contributed by atoms with Gasteiger partial charge in [-0.05, 0) is 80.7 Å². The molecule has 1 heterocycles. The van der Waals surface area contributed by atoms with Crippen LogP contribution in [-0.2, 0) is 16.6 Å². The van der Waals surface area contributed by atoms with Gasteiger partial charge in [-0.25, -0.2) is 0 Å². The Morgan fingerprint density at radius 1 is 1.21 bits per heavy atom. The van der Waals surface area contributed by atoms with E-state index < -0.39 is 11.0 Å². The monoisotopic (exact) mass is 395 g/mol. The van der Waals surface area contributed by atoms with Gasteiger partial charge in [0.1, 0.15) is 11.5 Å². The summed E-state index contributed by atoms with van der Waals surface area (Å²) in [6.45, 7) is 2.12. The SMILES string of the molecule is COc1ccc2c(c1)C13CCN(CC4CC4)C(C2)C1(O)CC1(CCCC1)C(=O)C3. The lowest BCUT2D eigenvalue weighted by atomic mass is 9.45. The quantitative estimate of drug-likeness (QED) is 0.849. The Balaban J connectivity index is 1.50. The molecule has 1 spiro atoms. The Hall–Kier alpha value is -1.39. The topological polar surface area (TPSA) is 49.8 Å². The summed E-state index contributed by atoms with van der Waals surface area (Å²) in [6.07, 6.45) is 9.86. The van der Waals surface area contributed by atoms with Gasteiger partial charge in [-0.15, -0.1) is 0 Å². The Kier molecular flexibility index (Phi) is 3.85. The van der Waals surface area contributed by atoms with Crippen molar-refractivity contribution in [2.75, 3.05) is 20.2 Å². The van der Waals surface area contributed by atoms with E-state index in [1.165, 1.54) is 24.0 Å². The molecule has 1 saturated heterocycles. The maximum atomic E-state index is 13.6. The fraction of sp³-hybridized carbons (Fsp3) is 0.720. The number of methoxy groups -OCH3 is 1. The number of likely N-dealkylation sites (tertiary alicyclic amines) is 1. The highest BCUT2D eigenvalue weighted by Crippen LogP contribution is 2.64. The molecule has 0 radical (unpaired) electrons. The third-order valence-electron chi connectivity index (χ3n) is 9.30. The van der Waals surface area contributed by atoms with Crippen LogP contribution in [0.2, 0.25) is 0 Å². The molecule has 4 aliphatic carbocycles. The van der Waals surface area contributed by atoms with Crippen LogP contribution in [0.4, 0.5) is 0 Å². The summed E-state index contributed by atoms with van der Waals surface area (Å²) < 4.78 is 5.55. The molecule has 1 N–H and O–H groups in total. The normalized spacial score (nSPS) is 38.0. The van der Waals surface area contributed by atoms with E-state index in [4.69, 9.17) is 4.74 Å². The van der Waals surface area contributed by atoms with E-state index >= 15 is 0 Å². The molecule has 1 aromatic carbocycles. The molecule has 4 heteroatoms. The minimum Gasteiger partial charge on any atom is -0.497 e. The zero-order valence-corrected chi connectivity index (χ0v) is 17.6. The second-order valence-electron chi connectivity index (χ2n) is 10.7. The fourth-order valence-corrected chi connectivity index (χ4v) is 7.57. The number of hydrogen-bond donors (Lipinski definition) is 1. The van der Waals surface area contributed by atoms with Crippen molar-refractivity contribution in [2.24, 2.45) is 11.3 Å². The van der Waals surface area contributed by atoms with Gasteiger partial charge in [-0.3, -0.25) is 9.69 Å². The molecule has 3 unspecified atom stereocenters. The number of rotatable bonds is 3. The van der Waals surface area contributed by atoms with E-state index in [9.17, 15) is 9.90 Å². The highest BCUT2D eigenvalue weighted by molar-refractivity contribution is 5.88. The fourth-order valence-electron chi connectivity index (χ4n) is 7.57. The summed E-state index contributed by atoms with van der Waals surface area (Å²) in [5.41, 5.74) is 0.997. The van der Waals surface area contributed by atoms with Crippen molar-refractivity contribution in [3.05, 3.63) is 29.3 Å². The molecule has 2 bridgehead atoms. The van der Waals surface area contributed by atoms with Crippen LogP contribution in [-0.4, -0.2) is 47.6 Å². The summed E-state index contributed by atoms with van der Waals surface area (Å²) in [6, 6.07) is 6.51. The molecular formula is C25H33NO3. The van der Waals surface area contributed by atoms with Gasteiger partial charge in [-0.2, -0.15) is 0 Å². The molecule has 6 rings (SSSR count). The third kappa shape index (κ3) is 2.42. The highest BCUT2D eigenvalue weighted by Gasteiger charge is 2.69. The maximum absolute atomic E-state index is 13.6. The van der Waals surface area contributed by atoms with Crippen molar-refractivity contribution in [1.82, 2.24) is 4.90 Å². The second-order valence-corrected chi connectivity index (χ2v) is 10.7. The Morgan fingerprint density at radius 2 is 2.00 bits per heavy atom. The number of carbonyl (C=O) groups excluding carboxylic acids is 1. The number of aliphatic hydroxyl groups is 1. The van der Waals surface area contributed by atoms with Gasteiger partial charge in [0, 0.05) is 29.8 Å². The van der Waals surface area contributed by atoms with Crippen molar-refractivity contribution in [3.63, 3.8) is 0 Å². The number of ketones is 1. The predicted octanol–water partition coefficient (Wildman–Crippen LogP) is 3.63. The van der Waals surface area contributed by atoms with Crippen LogP contribution in [0.15, 0.2) is 18.2 Å². The maximum Gasteiger partial charge on any atom is 0.140 e. The van der Waals surface area contributed by atoms with Gasteiger partial charge in [0.25, 0.3) is 0 Å². The zero-order valence-electron chi connectivity index (χ0n) is 17.6. The first-order valence-electron chi connectivity index (χ1n) is 11.7. The van der Waals surface area contributed by atoms with Crippen LogP contribution in [0.25, 0.3) is 0 Å². The zero-order chi connectivity index (χ0) is 19.9. The first kappa shape index (κ1) is 18.4. The smallest absolute Gasteiger partial charge is 0.140 e. The molecule has 1 aliphatic heterocycles. The largest absolute Gasteiger partial charge is 0.497 e. The van der Waals surface area contributed by atoms with Gasteiger partial charge in [0.2, 0.25) is 0 Å². The molecule has 4 fully saturated rings. The Labute approximate surface area is 173 Å². The molecule has 156 valence electrons. The van der Waals surface area contributed by atoms with Crippen LogP contribution in [0.1, 0.15) is 68.9 Å². The standard InChI is InChI=1S/C25H33NO3/c1-29-19-7-6-18-12-21-25(28)16-23(8-2-3-9-23)22(27)14-24(25,20(18)13-19)10-11-26(21)15-17-4-5-17/h6-7,13,17,21,28H,2-5,8-12,14-16H2,1H3. The first-order valence-corrected chi connectivity index (χ1v) is 11.7. The number of piperidine rings is 1. The molecular weight excluding hydrogens is 362 g/mol. The van der Waals surface area contributed by atoms with E-state index in [1.807, 2.05) is 6.07 Å². The number of nitrogens with zero attached hydrogens (tertiary/aromatic N) is 1. The van der Waals surface area contributed by atoms with E-state index in [2.05, 4.69) is 17.0 Å². The Bertz CT molecular complexity index is 856. The van der Waals surface area contributed by atoms with Gasteiger partial charge < -0.3 is 9.84 Å². The summed E-state index contributed by atoms with van der Waals surface area (Å²) in [5, 5.41) is 12.6. The lowest BCUT2D eigenvalue weighted by Gasteiger charge is -2.66. The van der Waals surface area contributed by atoms with Crippen molar-refractivity contribution in [1.29, 1.82) is 0 Å². The number of hydrogen-bond acceptors (Lipinski definition) is 4. The molecule has 4 nitrogen and oxygen atoms in total. The molecule has 3 saturated carbocycles. The van der Waals surface area contributed by atoms with Crippen molar-refractivity contribution < 1.29 is 14.6 Å². The van der Waals surface area contributed by atoms with Gasteiger partial charge in [0.15, 0.2) is 0 Å². The number of carbonyl (C=O) groups is 1. The van der Waals surface area contributed by atoms with Gasteiger partial charge in [-0.1, -0.05) is 18.9 Å². The molecule has 5 aliphatic rings. The van der Waals surface area contributed by atoms with Crippen molar-refractivity contribution in [2.45, 2.75) is 81.3 Å². The summed E-state index contributed by atoms with van der Waals surface area (Å²) in [4.78, 5) is 16.2. The molecule has 1 aromatic rings. The van der Waals surface area contributed by atoms with Crippen LogP contribution < -0.4 is 4.74 Å². The second kappa shape index (κ2) is 6.07. The lowest BCUT2D eigenvalue weighted by molar-refractivity contribution is -0.194. The molecule has 3 atom stereocenters. The number of benzene rings is 1. The lowest BCUT2D eigenvalue weighted by Crippen LogP contribution is -2.75. The highest BCUT2D eigenvalue weighted by atomic mass is 16.5. The van der Waals surface area contributed by atoms with Crippen molar-refractivity contribution in [3.8, 4) is 5.75 Å². The third-order valence-corrected chi connectivity index (χ3v) is 9.30. The van der Waals surface area contributed by atoms with Gasteiger partial charge >= 0.3 is 0 Å². The van der Waals surface area contributed by atoms with Crippen LogP contribution in [0, 0.1) is 11.3 Å². The average Bonchev–Trinajstić information content (AvgIpc) is 3.41. The number of fused-ring (bicyclic) bond motifs is 1. The number of ether oxygens (including phenoxy) is 1. The van der Waals surface area contributed by atoms with Crippen LogP contribution >= 0.6 is 0 Å². The van der Waals surface area contributed by atoms with Crippen LogP contribution in [0.5, 0.6) is 5.75 Å². The number of Topliss-reactive ketones (excluding diaryl/α,β-unsaturated/α-hetero) is 1. The van der Waals surface area contributed by atoms with Crippen LogP contribution in [0.3, 0.4) is 0 Å². The van der Waals surface area contributed by atoms with Gasteiger partial charge in [0.05, 0.1) is 12.7 Å². The minimum absolute atomic E-state index is 0.142. The molecule has 29 heavy (non-hydrogen) atoms. The predicted molar refractivity (Wildman–Crippen MR) is 111 cm³/mol. The van der Waals surface area contributed by atoms with E-state index in [-0.39, 0.29) is 11.5 Å². The van der Waals surface area contributed by atoms with E-state index in [0.29, 0.717) is 18.6 Å². The first-order chi connectivity index (χ1) is 14.0. The van der Waals surface area contributed by atoms with Crippen molar-refractivity contribution >= 4 is 5.78 Å². The minimum atomic E-state index is -0.808. The summed E-state index contributed by atoms with van der Waals surface area (Å²) in [7, 11) is 1.70. The Morgan fingerprint density at radius 3 is 2.72 bits per heavy atom. The summed E-state index contributed by atoms with van der Waals surface area (Å²) in [5.74, 6) is 2.08. The molecule has 0 amide bonds. The summed E-state index contributed by atoms with van der Waals surface area (Å²) >= 11 is 0. The molecule has 0 aromatic heterocycles.